The van der Waals surface area contributed by atoms with E-state index in [2.05, 4.69) is 16.3 Å². The molecule has 0 aliphatic carbocycles. The third kappa shape index (κ3) is 4.14. The van der Waals surface area contributed by atoms with Crippen molar-refractivity contribution in [3.8, 4) is 17.2 Å². The van der Waals surface area contributed by atoms with E-state index in [-0.39, 0.29) is 23.5 Å². The number of phenols is 1. The lowest BCUT2D eigenvalue weighted by Crippen LogP contribution is -2.18. The summed E-state index contributed by atoms with van der Waals surface area (Å²) in [5.74, 6) is 0.111. The Bertz CT molecular complexity index is 1160. The van der Waals surface area contributed by atoms with Crippen LogP contribution in [0.15, 0.2) is 41.2 Å². The van der Waals surface area contributed by atoms with Crippen LogP contribution in [0.1, 0.15) is 40.3 Å². The van der Waals surface area contributed by atoms with Crippen LogP contribution in [0.5, 0.6) is 17.2 Å². The average Bonchev–Trinajstić information content (AvgIpc) is 3.38. The maximum absolute atomic E-state index is 12.8. The Hall–Kier alpha value is -3.68. The van der Waals surface area contributed by atoms with Crippen molar-refractivity contribution in [1.82, 2.24) is 10.2 Å². The first kappa shape index (κ1) is 20.6. The standard InChI is InChI=1S/C23H24N2O6/c1-29-20-11-14(4-5-18(20)26)16(12-21(27)30-2)22-17(24-25-23(22)28)10-13-3-6-19-15(9-13)7-8-31-19/h3-6,9,11,16,26H,7-8,10,12H2,1-2H3,(H2,24,25,28)/t16-/m1/s1. The van der Waals surface area contributed by atoms with Gasteiger partial charge in [-0.25, -0.2) is 0 Å². The summed E-state index contributed by atoms with van der Waals surface area (Å²) in [5.41, 5.74) is 3.67. The number of carbonyl (C=O) groups excluding carboxylic acids is 1. The number of benzene rings is 2. The molecule has 1 aliphatic heterocycles. The Balaban J connectivity index is 1.74. The molecule has 162 valence electrons. The van der Waals surface area contributed by atoms with Crippen LogP contribution in [-0.4, -0.2) is 42.1 Å². The highest BCUT2D eigenvalue weighted by Gasteiger charge is 2.27. The molecule has 1 aliphatic rings. The molecule has 3 N–H and O–H groups in total. The summed E-state index contributed by atoms with van der Waals surface area (Å²) < 4.78 is 15.7. The summed E-state index contributed by atoms with van der Waals surface area (Å²) in [6.45, 7) is 0.676. The predicted octanol–water partition coefficient (Wildman–Crippen LogP) is 2.64. The van der Waals surface area contributed by atoms with Crippen molar-refractivity contribution in [3.05, 3.63) is 74.7 Å². The van der Waals surface area contributed by atoms with E-state index >= 15 is 0 Å². The number of fused-ring (bicyclic) bond motifs is 1. The third-order valence-corrected chi connectivity index (χ3v) is 5.58. The van der Waals surface area contributed by atoms with Gasteiger partial charge in [0.25, 0.3) is 5.56 Å². The van der Waals surface area contributed by atoms with E-state index < -0.39 is 11.9 Å². The topological polar surface area (TPSA) is 114 Å². The number of nitrogens with one attached hydrogen (secondary N) is 2. The first-order chi connectivity index (χ1) is 15.0. The lowest BCUT2D eigenvalue weighted by molar-refractivity contribution is -0.140. The molecule has 0 saturated heterocycles. The Kier molecular flexibility index (Phi) is 5.70. The van der Waals surface area contributed by atoms with Gasteiger partial charge in [-0.15, -0.1) is 0 Å². The van der Waals surface area contributed by atoms with Crippen molar-refractivity contribution < 1.29 is 24.1 Å². The van der Waals surface area contributed by atoms with Crippen molar-refractivity contribution in [2.24, 2.45) is 0 Å². The van der Waals surface area contributed by atoms with E-state index in [0.717, 1.165) is 23.3 Å². The highest BCUT2D eigenvalue weighted by atomic mass is 16.5. The molecule has 8 heteroatoms. The van der Waals surface area contributed by atoms with Crippen LogP contribution in [0, 0.1) is 0 Å². The van der Waals surface area contributed by atoms with Crippen LogP contribution in [-0.2, 0) is 22.4 Å². The van der Waals surface area contributed by atoms with E-state index in [1.807, 2.05) is 12.1 Å². The fourth-order valence-corrected chi connectivity index (χ4v) is 4.01. The van der Waals surface area contributed by atoms with E-state index in [0.29, 0.717) is 29.8 Å². The quantitative estimate of drug-likeness (QED) is 0.503. The van der Waals surface area contributed by atoms with Gasteiger partial charge in [0.2, 0.25) is 0 Å². The molecular formula is C23H24N2O6. The number of aromatic amines is 2. The lowest BCUT2D eigenvalue weighted by Gasteiger charge is -2.18. The molecule has 0 amide bonds. The normalized spacial score (nSPS) is 13.4. The van der Waals surface area contributed by atoms with Gasteiger partial charge in [0.15, 0.2) is 11.5 Å². The molecule has 0 spiro atoms. The minimum atomic E-state index is -0.579. The molecule has 8 nitrogen and oxygen atoms in total. The van der Waals surface area contributed by atoms with Crippen LogP contribution in [0.2, 0.25) is 0 Å². The Morgan fingerprint density at radius 2 is 2.03 bits per heavy atom. The number of phenolic OH excluding ortho intramolecular Hbond substituents is 1. The van der Waals surface area contributed by atoms with Gasteiger partial charge >= 0.3 is 5.97 Å². The summed E-state index contributed by atoms with van der Waals surface area (Å²) in [5, 5.41) is 15.6. The van der Waals surface area contributed by atoms with E-state index in [9.17, 15) is 14.7 Å². The van der Waals surface area contributed by atoms with Gasteiger partial charge in [0, 0.05) is 30.0 Å². The van der Waals surface area contributed by atoms with Crippen LogP contribution in [0.4, 0.5) is 0 Å². The third-order valence-electron chi connectivity index (χ3n) is 5.58. The smallest absolute Gasteiger partial charge is 0.306 e. The number of aromatic nitrogens is 2. The summed E-state index contributed by atoms with van der Waals surface area (Å²) in [4.78, 5) is 25.0. The predicted molar refractivity (Wildman–Crippen MR) is 113 cm³/mol. The second-order valence-electron chi connectivity index (χ2n) is 7.45. The molecule has 0 saturated carbocycles. The minimum Gasteiger partial charge on any atom is -0.504 e. The zero-order valence-corrected chi connectivity index (χ0v) is 17.4. The average molecular weight is 424 g/mol. The minimum absolute atomic E-state index is 0.0216. The highest BCUT2D eigenvalue weighted by molar-refractivity contribution is 5.71. The van der Waals surface area contributed by atoms with Gasteiger partial charge in [0.1, 0.15) is 5.75 Å². The molecule has 31 heavy (non-hydrogen) atoms. The second-order valence-corrected chi connectivity index (χ2v) is 7.45. The fraction of sp³-hybridized carbons (Fsp3) is 0.304. The monoisotopic (exact) mass is 424 g/mol. The first-order valence-electron chi connectivity index (χ1n) is 9.98. The number of hydrogen-bond donors (Lipinski definition) is 3. The van der Waals surface area contributed by atoms with E-state index in [4.69, 9.17) is 14.2 Å². The molecule has 4 rings (SSSR count). The number of hydrogen-bond acceptors (Lipinski definition) is 6. The van der Waals surface area contributed by atoms with Crippen LogP contribution in [0.3, 0.4) is 0 Å². The van der Waals surface area contributed by atoms with Gasteiger partial charge < -0.3 is 24.4 Å². The molecule has 2 aromatic carbocycles. The number of carbonyl (C=O) groups is 1. The largest absolute Gasteiger partial charge is 0.504 e. The van der Waals surface area contributed by atoms with Crippen molar-refractivity contribution in [3.63, 3.8) is 0 Å². The number of esters is 1. The molecular weight excluding hydrogens is 400 g/mol. The molecule has 1 atom stereocenters. The maximum atomic E-state index is 12.8. The van der Waals surface area contributed by atoms with Crippen molar-refractivity contribution in [2.45, 2.75) is 25.2 Å². The van der Waals surface area contributed by atoms with Crippen molar-refractivity contribution in [2.75, 3.05) is 20.8 Å². The number of rotatable bonds is 7. The molecule has 0 unspecified atom stereocenters. The number of H-pyrrole nitrogens is 2. The van der Waals surface area contributed by atoms with Crippen LogP contribution < -0.4 is 15.0 Å². The summed E-state index contributed by atoms with van der Waals surface area (Å²) >= 11 is 0. The van der Waals surface area contributed by atoms with Gasteiger partial charge in [-0.2, -0.15) is 0 Å². The first-order valence-corrected chi connectivity index (χ1v) is 9.98. The molecule has 3 aromatic rings. The Morgan fingerprint density at radius 1 is 1.19 bits per heavy atom. The van der Waals surface area contributed by atoms with Gasteiger partial charge in [-0.1, -0.05) is 18.2 Å². The van der Waals surface area contributed by atoms with Gasteiger partial charge in [-0.3, -0.25) is 14.7 Å². The zero-order chi connectivity index (χ0) is 22.0. The van der Waals surface area contributed by atoms with Crippen molar-refractivity contribution >= 4 is 5.97 Å². The molecule has 0 fully saturated rings. The van der Waals surface area contributed by atoms with Crippen LogP contribution >= 0.6 is 0 Å². The van der Waals surface area contributed by atoms with Gasteiger partial charge in [0.05, 0.1) is 27.2 Å². The summed E-state index contributed by atoms with van der Waals surface area (Å²) in [6.07, 6.45) is 1.31. The second kappa shape index (κ2) is 8.59. The Morgan fingerprint density at radius 3 is 2.81 bits per heavy atom. The number of ether oxygens (including phenoxy) is 3. The number of aromatic hydroxyl groups is 1. The highest BCUT2D eigenvalue weighted by Crippen LogP contribution is 2.35. The molecule has 1 aromatic heterocycles. The SMILES string of the molecule is COC(=O)C[C@H](c1ccc(O)c(OC)c1)c1c(Cc2ccc3c(c2)CCO3)[nH][nH]c1=O. The van der Waals surface area contributed by atoms with Crippen LogP contribution in [0.25, 0.3) is 0 Å². The summed E-state index contributed by atoms with van der Waals surface area (Å²) in [6, 6.07) is 10.8. The zero-order valence-electron chi connectivity index (χ0n) is 17.4. The van der Waals surface area contributed by atoms with Gasteiger partial charge in [-0.05, 0) is 34.9 Å². The Labute approximate surface area is 178 Å². The van der Waals surface area contributed by atoms with E-state index in [1.165, 1.54) is 20.3 Å². The molecule has 0 bridgehead atoms. The lowest BCUT2D eigenvalue weighted by atomic mass is 9.87. The maximum Gasteiger partial charge on any atom is 0.306 e. The molecule has 2 heterocycles. The molecule has 0 radical (unpaired) electrons. The number of methoxy groups -OCH3 is 2. The van der Waals surface area contributed by atoms with E-state index in [1.54, 1.807) is 12.1 Å². The summed E-state index contributed by atoms with van der Waals surface area (Å²) in [7, 11) is 2.76. The van der Waals surface area contributed by atoms with Crippen molar-refractivity contribution in [1.29, 1.82) is 0 Å². The fourth-order valence-electron chi connectivity index (χ4n) is 4.01.